The predicted molar refractivity (Wildman–Crippen MR) is 340 cm³/mol. The number of hydrogen-bond acceptors (Lipinski definition) is 4. The van der Waals surface area contributed by atoms with Crippen molar-refractivity contribution in [1.29, 1.82) is 0 Å². The van der Waals surface area contributed by atoms with E-state index in [0.717, 1.165) is 95.9 Å². The van der Waals surface area contributed by atoms with E-state index in [2.05, 4.69) is 198 Å². The lowest BCUT2D eigenvalue weighted by molar-refractivity contribution is 0.626. The van der Waals surface area contributed by atoms with Crippen molar-refractivity contribution in [2.45, 2.75) is 40.5 Å². The van der Waals surface area contributed by atoms with Gasteiger partial charge >= 0.3 is 7.40 Å². The van der Waals surface area contributed by atoms with Crippen LogP contribution in [0, 0.1) is 6.92 Å². The molecule has 396 valence electrons. The van der Waals surface area contributed by atoms with Gasteiger partial charge in [0.05, 0.1) is 11.4 Å². The van der Waals surface area contributed by atoms with Gasteiger partial charge in [-0.15, -0.1) is 0 Å². The molecule has 1 aliphatic rings. The quantitative estimate of drug-likeness (QED) is 0.0802. The van der Waals surface area contributed by atoms with Crippen LogP contribution >= 0.6 is 0 Å². The highest BCUT2D eigenvalue weighted by Crippen LogP contribution is 2.44. The number of anilines is 9. The second-order valence-electron chi connectivity index (χ2n) is 19.9. The largest absolute Gasteiger partial charge is 0.678 e. The first kappa shape index (κ1) is 53.2. The third-order valence-electron chi connectivity index (χ3n) is 15.0. The molecular weight excluding hydrogens is 996 g/mol. The van der Waals surface area contributed by atoms with Crippen molar-refractivity contribution in [3.63, 3.8) is 0 Å². The summed E-state index contributed by atoms with van der Waals surface area (Å²) in [5.41, 5.74) is 18.6. The molecule has 2 heterocycles. The van der Waals surface area contributed by atoms with Crippen LogP contribution < -0.4 is 14.7 Å². The van der Waals surface area contributed by atoms with Crippen molar-refractivity contribution < 1.29 is 8.63 Å². The Labute approximate surface area is 476 Å². The van der Waals surface area contributed by atoms with Crippen LogP contribution in [0.15, 0.2) is 283 Å². The highest BCUT2D eigenvalue weighted by Gasteiger charge is 2.33. The monoisotopic (exact) mass is 1060 g/mol. The van der Waals surface area contributed by atoms with Gasteiger partial charge in [0.15, 0.2) is 0 Å². The van der Waals surface area contributed by atoms with E-state index in [4.69, 9.17) is 4.99 Å². The maximum atomic E-state index is 16.4. The van der Waals surface area contributed by atoms with Gasteiger partial charge in [-0.05, 0) is 187 Å². The van der Waals surface area contributed by atoms with Crippen molar-refractivity contribution in [3.8, 4) is 0 Å². The Morgan fingerprint density at radius 1 is 0.420 bits per heavy atom. The van der Waals surface area contributed by atoms with Crippen molar-refractivity contribution in [2.75, 3.05) is 14.7 Å². The maximum Gasteiger partial charge on any atom is 0.678 e. The number of aliphatic imine (C=N–C) groups is 1. The van der Waals surface area contributed by atoms with Crippen LogP contribution in [0.3, 0.4) is 0 Å². The zero-order chi connectivity index (χ0) is 55.7. The standard InChI is InChI=1S/C73H62BF2N5/c1-5-67-53(3)72(77-69(67)51-41-55-37-45-64(46-38-55)78(58-25-13-7-14-26-58)59-27-15-8-16-28-59)71(57-43-49-66(50-44-57)80(62-33-21-11-22-34-62)63-35-23-12-24-36-63)73-54(4)68(6-2)70(81(73)74(75)76)52-42-56-39-47-65(48-40-56)79(60-29-17-9-18-30-60)61-31-19-10-20-32-61/h7-52H,5-6H2,1-4H3/b51-41+,52-42+,72-71-. The van der Waals surface area contributed by atoms with Crippen molar-refractivity contribution in [1.82, 2.24) is 4.48 Å². The Hall–Kier alpha value is -9.79. The van der Waals surface area contributed by atoms with Gasteiger partial charge in [0, 0.05) is 68.1 Å². The van der Waals surface area contributed by atoms with Crippen LogP contribution in [0.1, 0.15) is 66.4 Å². The summed E-state index contributed by atoms with van der Waals surface area (Å²) >= 11 is 0. The van der Waals surface area contributed by atoms with Crippen LogP contribution in [0.2, 0.25) is 0 Å². The Morgan fingerprint density at radius 3 is 1.09 bits per heavy atom. The lowest BCUT2D eigenvalue weighted by Gasteiger charge is -2.26. The number of allylic oxidation sites excluding steroid dienone is 3. The molecule has 0 amide bonds. The number of halogens is 2. The molecule has 0 bridgehead atoms. The summed E-state index contributed by atoms with van der Waals surface area (Å²) in [6.07, 6.45) is 9.23. The number of aromatic nitrogens is 1. The van der Waals surface area contributed by atoms with E-state index in [1.807, 2.05) is 123 Å². The fraction of sp³-hybridized carbons (Fsp3) is 0.0822. The minimum Gasteiger partial charge on any atom is -0.325 e. The third kappa shape index (κ3) is 11.3. The van der Waals surface area contributed by atoms with E-state index >= 15 is 8.63 Å². The third-order valence-corrected chi connectivity index (χ3v) is 15.0. The number of nitrogens with zero attached hydrogens (tertiary/aromatic N) is 5. The molecular formula is C73H62BF2N5. The molecule has 0 unspecified atom stereocenters. The van der Waals surface area contributed by atoms with Crippen molar-refractivity contribution in [3.05, 3.63) is 317 Å². The number of hydrogen-bond donors (Lipinski definition) is 0. The molecule has 0 saturated carbocycles. The summed E-state index contributed by atoms with van der Waals surface area (Å²) in [6, 6.07) is 86.9. The average Bonchev–Trinajstić information content (AvgIpc) is 4.03. The van der Waals surface area contributed by atoms with Crippen LogP contribution in [-0.2, 0) is 6.42 Å². The Bertz CT molecular complexity index is 3780. The number of rotatable bonds is 18. The SMILES string of the molecule is CCC1=C(C)/C(=C(\c2ccc(N(c3ccccc3)c3ccccc3)cc2)c2c(C)c(CC)c(/C=C/c3ccc(N(c4ccccc4)c4ccccc4)cc3)n2B(F)F)N=C1/C=C/c1ccc(N(c2ccccc2)c2ccccc2)cc1. The summed E-state index contributed by atoms with van der Waals surface area (Å²) in [4.78, 5) is 12.1. The smallest absolute Gasteiger partial charge is 0.325 e. The summed E-state index contributed by atoms with van der Waals surface area (Å²) in [7, 11) is -2.87. The summed E-state index contributed by atoms with van der Waals surface area (Å²) in [6.45, 7) is 8.25. The molecule has 0 atom stereocenters. The minimum absolute atomic E-state index is 0.449. The van der Waals surface area contributed by atoms with E-state index < -0.39 is 7.40 Å². The molecule has 0 N–H and O–H groups in total. The van der Waals surface area contributed by atoms with Crippen molar-refractivity contribution >= 4 is 88.1 Å². The lowest BCUT2D eigenvalue weighted by atomic mass is 9.92. The van der Waals surface area contributed by atoms with Gasteiger partial charge < -0.3 is 19.2 Å². The highest BCUT2D eigenvalue weighted by molar-refractivity contribution is 6.42. The Morgan fingerprint density at radius 2 is 0.753 bits per heavy atom. The zero-order valence-electron chi connectivity index (χ0n) is 46.0. The van der Waals surface area contributed by atoms with Crippen LogP contribution in [-0.4, -0.2) is 17.6 Å². The highest BCUT2D eigenvalue weighted by atomic mass is 19.2. The predicted octanol–water partition coefficient (Wildman–Crippen LogP) is 20.4. The zero-order valence-corrected chi connectivity index (χ0v) is 46.0. The molecule has 8 heteroatoms. The lowest BCUT2D eigenvalue weighted by Crippen LogP contribution is -2.19. The fourth-order valence-corrected chi connectivity index (χ4v) is 11.1. The van der Waals surface area contributed by atoms with Gasteiger partial charge in [-0.25, -0.2) is 4.99 Å². The normalized spacial score (nSPS) is 13.0. The Balaban J connectivity index is 1.02. The van der Waals surface area contributed by atoms with Crippen molar-refractivity contribution in [2.24, 2.45) is 4.99 Å². The van der Waals surface area contributed by atoms with Gasteiger partial charge in [-0.2, -0.15) is 0 Å². The molecule has 0 fully saturated rings. The second kappa shape index (κ2) is 24.5. The van der Waals surface area contributed by atoms with E-state index in [1.54, 1.807) is 0 Å². The first-order chi connectivity index (χ1) is 39.8. The topological polar surface area (TPSA) is 27.0 Å². The molecule has 1 aromatic heterocycles. The van der Waals surface area contributed by atoms with E-state index in [-0.39, 0.29) is 0 Å². The average molecular weight is 1060 g/mol. The first-order valence-electron chi connectivity index (χ1n) is 27.7. The van der Waals surface area contributed by atoms with Crippen LogP contribution in [0.5, 0.6) is 0 Å². The molecule has 1 aliphatic heterocycles. The maximum absolute atomic E-state index is 16.4. The molecule has 10 aromatic rings. The summed E-state index contributed by atoms with van der Waals surface area (Å²) in [5.74, 6) is 0. The molecule has 11 rings (SSSR count). The van der Waals surface area contributed by atoms with Crippen LogP contribution in [0.4, 0.5) is 59.8 Å². The molecule has 9 aromatic carbocycles. The van der Waals surface area contributed by atoms with Gasteiger partial charge in [0.25, 0.3) is 0 Å². The fourth-order valence-electron chi connectivity index (χ4n) is 11.1. The number of para-hydroxylation sites is 6. The molecule has 0 saturated heterocycles. The van der Waals surface area contributed by atoms with Gasteiger partial charge in [0.1, 0.15) is 0 Å². The molecule has 81 heavy (non-hydrogen) atoms. The summed E-state index contributed by atoms with van der Waals surface area (Å²) in [5, 5.41) is 0. The van der Waals surface area contributed by atoms with Gasteiger partial charge in [0.2, 0.25) is 0 Å². The van der Waals surface area contributed by atoms with Gasteiger partial charge in [-0.1, -0.05) is 172 Å². The summed E-state index contributed by atoms with van der Waals surface area (Å²) < 4.78 is 34.1. The molecule has 0 aliphatic carbocycles. The Kier molecular flexibility index (Phi) is 16.1. The van der Waals surface area contributed by atoms with E-state index in [1.165, 1.54) is 4.48 Å². The first-order valence-corrected chi connectivity index (χ1v) is 27.7. The number of benzene rings is 9. The molecule has 0 radical (unpaired) electrons. The van der Waals surface area contributed by atoms with Crippen LogP contribution in [0.25, 0.3) is 23.8 Å². The molecule has 0 spiro atoms. The van der Waals surface area contributed by atoms with E-state index in [0.29, 0.717) is 35.5 Å². The van der Waals surface area contributed by atoms with E-state index in [9.17, 15) is 0 Å². The van der Waals surface area contributed by atoms with Gasteiger partial charge in [-0.3, -0.25) is 8.63 Å². The second-order valence-corrected chi connectivity index (χ2v) is 19.9. The molecule has 5 nitrogen and oxygen atoms in total. The minimum atomic E-state index is -2.87.